The molecule has 2 saturated carbocycles. The standard InChI is InChI=1S/C26H30FN7O3/c1-25(2,3)37-24(36)32-12-16-20-18(8-26(16,20)13-32)34-22(28)19(23(29)35)21(31-34)15-9-30-33(11-15)10-14-6-4-5-7-17(14)27/h4-7,9,11,16,18,20H,8,10,12-13,28H2,1-3H3,(H2,29,35)/t16?,18-,20-,26+/m1/s1. The first kappa shape index (κ1) is 23.5. The number of carbonyl (C=O) groups excluding carboxylic acids is 2. The Morgan fingerprint density at radius 2 is 2.03 bits per heavy atom. The Balaban J connectivity index is 1.21. The maximum atomic E-state index is 14.1. The van der Waals surface area contributed by atoms with E-state index in [9.17, 15) is 14.0 Å². The Bertz CT molecular complexity index is 1420. The van der Waals surface area contributed by atoms with Gasteiger partial charge in [-0.3, -0.25) is 9.48 Å². The molecule has 2 aliphatic carbocycles. The van der Waals surface area contributed by atoms with Crippen LogP contribution in [0.2, 0.25) is 0 Å². The van der Waals surface area contributed by atoms with Crippen molar-refractivity contribution in [1.82, 2.24) is 24.5 Å². The number of nitrogens with zero attached hydrogens (tertiary/aromatic N) is 5. The largest absolute Gasteiger partial charge is 0.444 e. The first-order valence-electron chi connectivity index (χ1n) is 12.4. The number of primary amides is 1. The Hall–Kier alpha value is -3.89. The Labute approximate surface area is 213 Å². The van der Waals surface area contributed by atoms with E-state index >= 15 is 0 Å². The van der Waals surface area contributed by atoms with Crippen LogP contribution >= 0.6 is 0 Å². The van der Waals surface area contributed by atoms with Gasteiger partial charge in [0.15, 0.2) is 0 Å². The highest BCUT2D eigenvalue weighted by Crippen LogP contribution is 2.79. The molecule has 0 radical (unpaired) electrons. The van der Waals surface area contributed by atoms with E-state index in [2.05, 4.69) is 5.10 Å². The zero-order valence-corrected chi connectivity index (χ0v) is 21.0. The van der Waals surface area contributed by atoms with E-state index in [1.807, 2.05) is 20.8 Å². The van der Waals surface area contributed by atoms with E-state index in [4.69, 9.17) is 21.3 Å². The average Bonchev–Trinajstić information content (AvgIpc) is 3.29. The second kappa shape index (κ2) is 7.80. The number of aromatic nitrogens is 4. The van der Waals surface area contributed by atoms with Gasteiger partial charge in [0.25, 0.3) is 5.91 Å². The number of benzene rings is 1. The molecule has 37 heavy (non-hydrogen) atoms. The summed E-state index contributed by atoms with van der Waals surface area (Å²) >= 11 is 0. The van der Waals surface area contributed by atoms with Crippen LogP contribution in [0.1, 0.15) is 49.2 Å². The molecule has 1 saturated heterocycles. The molecular weight excluding hydrogens is 477 g/mol. The number of fused-ring (bicyclic) bond motifs is 1. The molecule has 3 aromatic rings. The SMILES string of the molecule is CC(C)(C)OC(=O)N1CC2[C@@H]3[C@H](n4nc(-c5cnn(Cc6ccccc6F)c5)c(C(N)=O)c4N)C[C@]23C1. The number of likely N-dealkylation sites (tertiary alicyclic amines) is 1. The number of piperidine rings is 1. The summed E-state index contributed by atoms with van der Waals surface area (Å²) in [5.74, 6) is -0.0479. The normalized spacial score (nSPS) is 25.8. The van der Waals surface area contributed by atoms with E-state index in [1.54, 1.807) is 44.9 Å². The highest BCUT2D eigenvalue weighted by molar-refractivity contribution is 6.03. The molecule has 2 amide bonds. The van der Waals surface area contributed by atoms with E-state index < -0.39 is 11.5 Å². The lowest BCUT2D eigenvalue weighted by Crippen LogP contribution is -2.42. The third kappa shape index (κ3) is 3.67. The minimum Gasteiger partial charge on any atom is -0.444 e. The van der Waals surface area contributed by atoms with Gasteiger partial charge in [-0.25, -0.2) is 13.9 Å². The molecule has 0 bridgehead atoms. The van der Waals surface area contributed by atoms with Crippen molar-refractivity contribution in [2.24, 2.45) is 23.0 Å². The lowest BCUT2D eigenvalue weighted by atomic mass is 9.80. The monoisotopic (exact) mass is 507 g/mol. The fourth-order valence-corrected chi connectivity index (χ4v) is 6.37. The molecular formula is C26H30FN7O3. The average molecular weight is 508 g/mol. The molecule has 1 aliphatic heterocycles. The van der Waals surface area contributed by atoms with Gasteiger partial charge in [-0.05, 0) is 45.1 Å². The van der Waals surface area contributed by atoms with Crippen LogP contribution in [0.3, 0.4) is 0 Å². The van der Waals surface area contributed by atoms with Crippen molar-refractivity contribution in [1.29, 1.82) is 0 Å². The van der Waals surface area contributed by atoms with Gasteiger partial charge in [0, 0.05) is 35.8 Å². The molecule has 10 nitrogen and oxygen atoms in total. The van der Waals surface area contributed by atoms with Crippen LogP contribution in [0.25, 0.3) is 11.3 Å². The Morgan fingerprint density at radius 1 is 1.27 bits per heavy atom. The molecule has 194 valence electrons. The molecule has 1 aromatic carbocycles. The highest BCUT2D eigenvalue weighted by Gasteiger charge is 2.79. The number of nitrogens with two attached hydrogens (primary N) is 2. The number of hydrogen-bond donors (Lipinski definition) is 2. The third-order valence-electron chi connectivity index (χ3n) is 7.99. The van der Waals surface area contributed by atoms with Gasteiger partial charge in [-0.1, -0.05) is 18.2 Å². The lowest BCUT2D eigenvalue weighted by molar-refractivity contribution is 0.0190. The first-order valence-corrected chi connectivity index (χ1v) is 12.4. The van der Waals surface area contributed by atoms with Crippen molar-refractivity contribution in [2.45, 2.75) is 45.4 Å². The minimum absolute atomic E-state index is 0.0334. The van der Waals surface area contributed by atoms with E-state index in [-0.39, 0.29) is 41.3 Å². The van der Waals surface area contributed by atoms with Gasteiger partial charge in [-0.2, -0.15) is 10.2 Å². The summed E-state index contributed by atoms with van der Waals surface area (Å²) in [7, 11) is 0. The molecule has 3 heterocycles. The summed E-state index contributed by atoms with van der Waals surface area (Å²) in [4.78, 5) is 26.7. The minimum atomic E-state index is -0.665. The second-order valence-electron chi connectivity index (χ2n) is 11.4. The van der Waals surface area contributed by atoms with E-state index in [1.165, 1.54) is 6.07 Å². The van der Waals surface area contributed by atoms with Gasteiger partial charge < -0.3 is 21.1 Å². The van der Waals surface area contributed by atoms with Crippen LogP contribution < -0.4 is 11.5 Å². The van der Waals surface area contributed by atoms with Crippen molar-refractivity contribution in [2.75, 3.05) is 18.8 Å². The fourth-order valence-electron chi connectivity index (χ4n) is 6.37. The second-order valence-corrected chi connectivity index (χ2v) is 11.4. The summed E-state index contributed by atoms with van der Waals surface area (Å²) in [5.41, 5.74) is 13.3. The summed E-state index contributed by atoms with van der Waals surface area (Å²) in [6.07, 6.45) is 3.82. The predicted molar refractivity (Wildman–Crippen MR) is 133 cm³/mol. The molecule has 3 fully saturated rings. The summed E-state index contributed by atoms with van der Waals surface area (Å²) in [6, 6.07) is 6.53. The number of rotatable bonds is 5. The van der Waals surface area contributed by atoms with Crippen LogP contribution in [-0.4, -0.2) is 55.2 Å². The van der Waals surface area contributed by atoms with Crippen molar-refractivity contribution in [3.05, 3.63) is 53.6 Å². The van der Waals surface area contributed by atoms with Crippen LogP contribution in [0.4, 0.5) is 15.0 Å². The number of anilines is 1. The zero-order chi connectivity index (χ0) is 26.3. The van der Waals surface area contributed by atoms with Crippen LogP contribution in [0.15, 0.2) is 36.7 Å². The predicted octanol–water partition coefficient (Wildman–Crippen LogP) is 3.04. The van der Waals surface area contributed by atoms with Crippen molar-refractivity contribution in [3.8, 4) is 11.3 Å². The maximum absolute atomic E-state index is 14.1. The molecule has 4 atom stereocenters. The number of carbonyl (C=O) groups is 2. The number of hydrogen-bond acceptors (Lipinski definition) is 6. The summed E-state index contributed by atoms with van der Waals surface area (Å²) < 4.78 is 22.9. The topological polar surface area (TPSA) is 134 Å². The molecule has 1 spiro atoms. The van der Waals surface area contributed by atoms with E-state index in [0.717, 1.165) is 6.42 Å². The summed E-state index contributed by atoms with van der Waals surface area (Å²) in [6.45, 7) is 7.13. The Kier molecular flexibility index (Phi) is 4.96. The van der Waals surface area contributed by atoms with Crippen molar-refractivity contribution < 1.29 is 18.7 Å². The fraction of sp³-hybridized carbons (Fsp3) is 0.462. The molecule has 2 aromatic heterocycles. The maximum Gasteiger partial charge on any atom is 0.410 e. The molecule has 11 heteroatoms. The quantitative estimate of drug-likeness (QED) is 0.545. The molecule has 4 N–H and O–H groups in total. The summed E-state index contributed by atoms with van der Waals surface area (Å²) in [5, 5.41) is 9.05. The highest BCUT2D eigenvalue weighted by atomic mass is 19.1. The smallest absolute Gasteiger partial charge is 0.410 e. The molecule has 6 rings (SSSR count). The Morgan fingerprint density at radius 3 is 2.70 bits per heavy atom. The van der Waals surface area contributed by atoms with Gasteiger partial charge in [0.2, 0.25) is 0 Å². The van der Waals surface area contributed by atoms with Gasteiger partial charge in [0.05, 0.1) is 18.8 Å². The van der Waals surface area contributed by atoms with Crippen LogP contribution in [0, 0.1) is 23.1 Å². The number of nitrogen functional groups attached to an aromatic ring is 1. The lowest BCUT2D eigenvalue weighted by Gasteiger charge is -2.37. The zero-order valence-electron chi connectivity index (χ0n) is 21.0. The van der Waals surface area contributed by atoms with Gasteiger partial charge in [0.1, 0.15) is 28.5 Å². The number of amides is 2. The third-order valence-corrected chi connectivity index (χ3v) is 7.99. The van der Waals surface area contributed by atoms with E-state index in [0.29, 0.717) is 41.7 Å². The first-order chi connectivity index (χ1) is 17.5. The number of halogens is 1. The van der Waals surface area contributed by atoms with Crippen molar-refractivity contribution >= 4 is 17.8 Å². The molecule has 1 unspecified atom stereocenters. The molecule has 3 aliphatic rings. The van der Waals surface area contributed by atoms with Crippen LogP contribution in [-0.2, 0) is 11.3 Å². The van der Waals surface area contributed by atoms with Crippen molar-refractivity contribution in [3.63, 3.8) is 0 Å². The van der Waals surface area contributed by atoms with Gasteiger partial charge >= 0.3 is 6.09 Å². The van der Waals surface area contributed by atoms with Gasteiger partial charge in [-0.15, -0.1) is 0 Å². The van der Waals surface area contributed by atoms with Crippen LogP contribution in [0.5, 0.6) is 0 Å². The number of ether oxygens (including phenoxy) is 1.